The van der Waals surface area contributed by atoms with Gasteiger partial charge in [-0.1, -0.05) is 18.2 Å². The molecule has 3 N–H and O–H groups in total. The molecule has 0 radical (unpaired) electrons. The number of benzene rings is 2. The topological polar surface area (TPSA) is 64.3 Å². The highest BCUT2D eigenvalue weighted by Gasteiger charge is 2.06. The fourth-order valence-corrected chi connectivity index (χ4v) is 1.78. The zero-order valence-electron chi connectivity index (χ0n) is 11.0. The largest absolute Gasteiger partial charge is 0.489 e. The molecule has 5 heteroatoms. The Hall–Kier alpha value is -2.40. The summed E-state index contributed by atoms with van der Waals surface area (Å²) in [4.78, 5) is 11.4. The standard InChI is InChI=1S/C15H15FN2O2/c1-10-5-6-13(16)8-14(10)20-9-11-3-2-4-12(7-11)15(19)18-17/h2-8H,9,17H2,1H3,(H,18,19). The molecule has 0 bridgehead atoms. The van der Waals surface area contributed by atoms with E-state index in [2.05, 4.69) is 5.43 Å². The van der Waals surface area contributed by atoms with E-state index in [0.717, 1.165) is 11.1 Å². The van der Waals surface area contributed by atoms with E-state index in [1.54, 1.807) is 24.3 Å². The number of nitrogens with two attached hydrogens (primary N) is 1. The minimum atomic E-state index is -0.367. The van der Waals surface area contributed by atoms with Gasteiger partial charge >= 0.3 is 0 Å². The van der Waals surface area contributed by atoms with Gasteiger partial charge in [0.15, 0.2) is 0 Å². The molecule has 0 fully saturated rings. The molecule has 0 spiro atoms. The van der Waals surface area contributed by atoms with Crippen LogP contribution in [0.4, 0.5) is 4.39 Å². The number of hydrogen-bond acceptors (Lipinski definition) is 3. The number of nitrogens with one attached hydrogen (secondary N) is 1. The van der Waals surface area contributed by atoms with Crippen LogP contribution in [-0.4, -0.2) is 5.91 Å². The molecule has 2 aromatic rings. The van der Waals surface area contributed by atoms with Crippen LogP contribution >= 0.6 is 0 Å². The van der Waals surface area contributed by atoms with Crippen molar-refractivity contribution in [3.05, 3.63) is 65.0 Å². The lowest BCUT2D eigenvalue weighted by atomic mass is 10.1. The van der Waals surface area contributed by atoms with Crippen molar-refractivity contribution in [1.82, 2.24) is 5.43 Å². The molecule has 0 saturated heterocycles. The first-order valence-corrected chi connectivity index (χ1v) is 6.09. The van der Waals surface area contributed by atoms with Gasteiger partial charge in [-0.15, -0.1) is 0 Å². The Labute approximate surface area is 116 Å². The normalized spacial score (nSPS) is 10.2. The number of aryl methyl sites for hydroxylation is 1. The quantitative estimate of drug-likeness (QED) is 0.511. The van der Waals surface area contributed by atoms with Gasteiger partial charge in [-0.05, 0) is 36.2 Å². The second-order valence-electron chi connectivity index (χ2n) is 4.37. The maximum Gasteiger partial charge on any atom is 0.265 e. The van der Waals surface area contributed by atoms with Crippen molar-refractivity contribution in [2.75, 3.05) is 0 Å². The van der Waals surface area contributed by atoms with Crippen molar-refractivity contribution < 1.29 is 13.9 Å². The summed E-state index contributed by atoms with van der Waals surface area (Å²) in [6.45, 7) is 2.09. The molecule has 2 aromatic carbocycles. The fourth-order valence-electron chi connectivity index (χ4n) is 1.78. The van der Waals surface area contributed by atoms with Crippen LogP contribution in [0.3, 0.4) is 0 Å². The first-order chi connectivity index (χ1) is 9.60. The summed E-state index contributed by atoms with van der Waals surface area (Å²) >= 11 is 0. The van der Waals surface area contributed by atoms with Gasteiger partial charge in [-0.3, -0.25) is 10.2 Å². The molecule has 0 saturated carbocycles. The monoisotopic (exact) mass is 274 g/mol. The third-order valence-corrected chi connectivity index (χ3v) is 2.86. The summed E-state index contributed by atoms with van der Waals surface area (Å²) in [5.74, 6) is 4.86. The predicted octanol–water partition coefficient (Wildman–Crippen LogP) is 2.32. The van der Waals surface area contributed by atoms with E-state index < -0.39 is 0 Å². The first kappa shape index (κ1) is 14.0. The molecule has 4 nitrogen and oxygen atoms in total. The summed E-state index contributed by atoms with van der Waals surface area (Å²) in [5.41, 5.74) is 4.17. The third-order valence-electron chi connectivity index (χ3n) is 2.86. The Morgan fingerprint density at radius 3 is 2.85 bits per heavy atom. The lowest BCUT2D eigenvalue weighted by Crippen LogP contribution is -2.30. The number of nitrogen functional groups attached to an aromatic ring is 1. The van der Waals surface area contributed by atoms with E-state index in [9.17, 15) is 9.18 Å². The SMILES string of the molecule is Cc1ccc(F)cc1OCc1cccc(C(=O)NN)c1. The van der Waals surface area contributed by atoms with E-state index in [4.69, 9.17) is 10.6 Å². The number of halogens is 1. The molecule has 0 atom stereocenters. The predicted molar refractivity (Wildman–Crippen MR) is 73.6 cm³/mol. The zero-order valence-corrected chi connectivity index (χ0v) is 11.0. The highest BCUT2D eigenvalue weighted by Crippen LogP contribution is 2.20. The molecule has 0 aliphatic heterocycles. The maximum atomic E-state index is 13.1. The van der Waals surface area contributed by atoms with Gasteiger partial charge in [0.1, 0.15) is 18.2 Å². The first-order valence-electron chi connectivity index (χ1n) is 6.09. The van der Waals surface area contributed by atoms with E-state index in [-0.39, 0.29) is 18.3 Å². The lowest BCUT2D eigenvalue weighted by molar-refractivity contribution is 0.0953. The van der Waals surface area contributed by atoms with E-state index in [1.807, 2.05) is 13.0 Å². The van der Waals surface area contributed by atoms with Crippen molar-refractivity contribution in [2.24, 2.45) is 5.84 Å². The Kier molecular flexibility index (Phi) is 4.32. The average molecular weight is 274 g/mol. The van der Waals surface area contributed by atoms with Crippen LogP contribution < -0.4 is 16.0 Å². The minimum absolute atomic E-state index is 0.246. The Morgan fingerprint density at radius 2 is 2.10 bits per heavy atom. The van der Waals surface area contributed by atoms with Crippen molar-refractivity contribution in [3.8, 4) is 5.75 Å². The van der Waals surface area contributed by atoms with Crippen LogP contribution in [0.15, 0.2) is 42.5 Å². The molecule has 0 aromatic heterocycles. The molecule has 1 amide bonds. The van der Waals surface area contributed by atoms with Crippen LogP contribution in [0.25, 0.3) is 0 Å². The van der Waals surface area contributed by atoms with Gasteiger partial charge in [-0.2, -0.15) is 0 Å². The number of carbonyl (C=O) groups is 1. The van der Waals surface area contributed by atoms with Crippen molar-refractivity contribution in [3.63, 3.8) is 0 Å². The fraction of sp³-hybridized carbons (Fsp3) is 0.133. The van der Waals surface area contributed by atoms with Crippen LogP contribution in [0.1, 0.15) is 21.5 Å². The van der Waals surface area contributed by atoms with Gasteiger partial charge in [0, 0.05) is 11.6 Å². The molecule has 104 valence electrons. The summed E-state index contributed by atoms with van der Waals surface area (Å²) < 4.78 is 18.7. The van der Waals surface area contributed by atoms with Crippen LogP contribution in [-0.2, 0) is 6.61 Å². The van der Waals surface area contributed by atoms with E-state index in [1.165, 1.54) is 12.1 Å². The number of ether oxygens (including phenoxy) is 1. The van der Waals surface area contributed by atoms with Crippen LogP contribution in [0.2, 0.25) is 0 Å². The van der Waals surface area contributed by atoms with Crippen molar-refractivity contribution in [2.45, 2.75) is 13.5 Å². The van der Waals surface area contributed by atoms with Crippen LogP contribution in [0, 0.1) is 12.7 Å². The lowest BCUT2D eigenvalue weighted by Gasteiger charge is -2.10. The second kappa shape index (κ2) is 6.16. The van der Waals surface area contributed by atoms with E-state index in [0.29, 0.717) is 11.3 Å². The Bertz CT molecular complexity index is 629. The molecular weight excluding hydrogens is 259 g/mol. The summed E-state index contributed by atoms with van der Waals surface area (Å²) in [5, 5.41) is 0. The maximum absolute atomic E-state index is 13.1. The second-order valence-corrected chi connectivity index (χ2v) is 4.37. The molecule has 20 heavy (non-hydrogen) atoms. The highest BCUT2D eigenvalue weighted by molar-refractivity contribution is 5.93. The number of hydrazine groups is 1. The molecule has 2 rings (SSSR count). The Balaban J connectivity index is 2.11. The van der Waals surface area contributed by atoms with Gasteiger partial charge in [0.2, 0.25) is 0 Å². The minimum Gasteiger partial charge on any atom is -0.489 e. The van der Waals surface area contributed by atoms with E-state index >= 15 is 0 Å². The molecular formula is C15H15FN2O2. The number of rotatable bonds is 4. The van der Waals surface area contributed by atoms with Crippen molar-refractivity contribution >= 4 is 5.91 Å². The summed E-state index contributed by atoms with van der Waals surface area (Å²) in [7, 11) is 0. The average Bonchev–Trinajstić information content (AvgIpc) is 2.47. The number of carbonyl (C=O) groups excluding carboxylic acids is 1. The van der Waals surface area contributed by atoms with Gasteiger partial charge in [0.25, 0.3) is 5.91 Å². The molecule has 0 aliphatic rings. The molecule has 0 heterocycles. The smallest absolute Gasteiger partial charge is 0.265 e. The van der Waals surface area contributed by atoms with Crippen molar-refractivity contribution in [1.29, 1.82) is 0 Å². The third kappa shape index (κ3) is 3.33. The van der Waals surface area contributed by atoms with Gasteiger partial charge < -0.3 is 4.74 Å². The molecule has 0 unspecified atom stereocenters. The number of hydrogen-bond donors (Lipinski definition) is 2. The highest BCUT2D eigenvalue weighted by atomic mass is 19.1. The number of amides is 1. The summed E-state index contributed by atoms with van der Waals surface area (Å²) in [6.07, 6.45) is 0. The van der Waals surface area contributed by atoms with Gasteiger partial charge in [-0.25, -0.2) is 10.2 Å². The van der Waals surface area contributed by atoms with Gasteiger partial charge in [0.05, 0.1) is 0 Å². The Morgan fingerprint density at radius 1 is 1.30 bits per heavy atom. The zero-order chi connectivity index (χ0) is 14.5. The van der Waals surface area contributed by atoms with Crippen LogP contribution in [0.5, 0.6) is 5.75 Å². The summed E-state index contributed by atoms with van der Waals surface area (Å²) in [6, 6.07) is 11.3. The molecule has 0 aliphatic carbocycles.